The summed E-state index contributed by atoms with van der Waals surface area (Å²) in [6.07, 6.45) is 3.39. The Labute approximate surface area is 168 Å². The summed E-state index contributed by atoms with van der Waals surface area (Å²) in [7, 11) is -2.28. The predicted molar refractivity (Wildman–Crippen MR) is 111 cm³/mol. The summed E-state index contributed by atoms with van der Waals surface area (Å²) in [5, 5.41) is 3.45. The standard InChI is InChI=1S/C19H20N4O3S2/c1-13-9-10-14(11-17(13)28(25,26)20-2)22-18(24)16-12-21-19(27-3)23(16)15-7-5-4-6-8-15/h4-12,20H,1-3H3,(H,22,24). The van der Waals surface area contributed by atoms with Crippen molar-refractivity contribution >= 4 is 33.4 Å². The van der Waals surface area contributed by atoms with E-state index in [9.17, 15) is 13.2 Å². The molecule has 3 aromatic rings. The van der Waals surface area contributed by atoms with Crippen molar-refractivity contribution in [3.8, 4) is 5.69 Å². The average molecular weight is 417 g/mol. The maximum atomic E-state index is 12.9. The lowest BCUT2D eigenvalue weighted by atomic mass is 10.2. The number of amides is 1. The maximum absolute atomic E-state index is 12.9. The largest absolute Gasteiger partial charge is 0.321 e. The number of benzene rings is 2. The van der Waals surface area contributed by atoms with Crippen LogP contribution in [-0.2, 0) is 10.0 Å². The molecule has 0 fully saturated rings. The number of imidazole rings is 1. The monoisotopic (exact) mass is 416 g/mol. The van der Waals surface area contributed by atoms with Crippen LogP contribution in [0.15, 0.2) is 64.8 Å². The van der Waals surface area contributed by atoms with Gasteiger partial charge in [-0.1, -0.05) is 36.0 Å². The summed E-state index contributed by atoms with van der Waals surface area (Å²) >= 11 is 1.43. The summed E-state index contributed by atoms with van der Waals surface area (Å²) in [5.41, 5.74) is 2.15. The number of rotatable bonds is 6. The second-order valence-corrected chi connectivity index (χ2v) is 8.57. The molecule has 2 aromatic carbocycles. The van der Waals surface area contributed by atoms with Gasteiger partial charge in [-0.15, -0.1) is 0 Å². The van der Waals surface area contributed by atoms with Gasteiger partial charge in [0.2, 0.25) is 10.0 Å². The van der Waals surface area contributed by atoms with Crippen molar-refractivity contribution in [2.75, 3.05) is 18.6 Å². The fraction of sp³-hybridized carbons (Fsp3) is 0.158. The van der Waals surface area contributed by atoms with E-state index in [-0.39, 0.29) is 10.8 Å². The molecule has 0 spiro atoms. The number of nitrogens with zero attached hydrogens (tertiary/aromatic N) is 2. The van der Waals surface area contributed by atoms with E-state index in [1.165, 1.54) is 31.1 Å². The van der Waals surface area contributed by atoms with Gasteiger partial charge in [-0.25, -0.2) is 18.1 Å². The number of aryl methyl sites for hydroxylation is 1. The van der Waals surface area contributed by atoms with E-state index in [0.717, 1.165) is 5.69 Å². The summed E-state index contributed by atoms with van der Waals surface area (Å²) in [4.78, 5) is 17.3. The topological polar surface area (TPSA) is 93.1 Å². The fourth-order valence-corrected chi connectivity index (χ4v) is 4.28. The third-order valence-electron chi connectivity index (χ3n) is 4.16. The third kappa shape index (κ3) is 3.96. The molecule has 0 aliphatic carbocycles. The average Bonchev–Trinajstić information content (AvgIpc) is 3.14. The van der Waals surface area contributed by atoms with E-state index in [4.69, 9.17) is 0 Å². The number of hydrogen-bond donors (Lipinski definition) is 2. The molecular formula is C19H20N4O3S2. The molecule has 0 aliphatic rings. The fourth-order valence-electron chi connectivity index (χ4n) is 2.74. The van der Waals surface area contributed by atoms with Gasteiger partial charge in [-0.3, -0.25) is 9.36 Å². The number of thioether (sulfide) groups is 1. The van der Waals surface area contributed by atoms with E-state index < -0.39 is 10.0 Å². The van der Waals surface area contributed by atoms with Crippen LogP contribution in [0.2, 0.25) is 0 Å². The number of anilines is 1. The molecule has 1 heterocycles. The SMILES string of the molecule is CNS(=O)(=O)c1cc(NC(=O)c2cnc(SC)n2-c2ccccc2)ccc1C. The lowest BCUT2D eigenvalue weighted by molar-refractivity contribution is 0.102. The molecule has 7 nitrogen and oxygen atoms in total. The molecule has 146 valence electrons. The Morgan fingerprint density at radius 2 is 1.86 bits per heavy atom. The quantitative estimate of drug-likeness (QED) is 0.603. The van der Waals surface area contributed by atoms with Crippen molar-refractivity contribution in [2.24, 2.45) is 0 Å². The van der Waals surface area contributed by atoms with Gasteiger partial charge in [0.05, 0.1) is 11.1 Å². The zero-order chi connectivity index (χ0) is 20.3. The van der Waals surface area contributed by atoms with Gasteiger partial charge in [-0.2, -0.15) is 0 Å². The number of hydrogen-bond acceptors (Lipinski definition) is 5. The Morgan fingerprint density at radius 3 is 2.50 bits per heavy atom. The second-order valence-electron chi connectivity index (χ2n) is 5.94. The lowest BCUT2D eigenvalue weighted by Gasteiger charge is -2.13. The molecule has 1 aromatic heterocycles. The normalized spacial score (nSPS) is 11.4. The highest BCUT2D eigenvalue weighted by Crippen LogP contribution is 2.24. The molecule has 0 aliphatic heterocycles. The zero-order valence-electron chi connectivity index (χ0n) is 15.6. The zero-order valence-corrected chi connectivity index (χ0v) is 17.3. The predicted octanol–water partition coefficient (Wildman–Crippen LogP) is 3.06. The van der Waals surface area contributed by atoms with Crippen LogP contribution in [0.3, 0.4) is 0 Å². The van der Waals surface area contributed by atoms with Gasteiger partial charge < -0.3 is 5.32 Å². The summed E-state index contributed by atoms with van der Waals surface area (Å²) in [6, 6.07) is 14.2. The molecule has 2 N–H and O–H groups in total. The van der Waals surface area contributed by atoms with Crippen molar-refractivity contribution in [3.05, 3.63) is 66.0 Å². The Morgan fingerprint density at radius 1 is 1.14 bits per heavy atom. The highest BCUT2D eigenvalue weighted by atomic mass is 32.2. The van der Waals surface area contributed by atoms with Gasteiger partial charge in [0.1, 0.15) is 5.69 Å². The molecule has 0 atom stereocenters. The first-order valence-electron chi connectivity index (χ1n) is 8.40. The summed E-state index contributed by atoms with van der Waals surface area (Å²) in [6.45, 7) is 1.70. The highest BCUT2D eigenvalue weighted by Gasteiger charge is 2.20. The maximum Gasteiger partial charge on any atom is 0.274 e. The first-order valence-corrected chi connectivity index (χ1v) is 11.1. The molecule has 0 unspecified atom stereocenters. The van der Waals surface area contributed by atoms with E-state index in [1.807, 2.05) is 36.6 Å². The van der Waals surface area contributed by atoms with Crippen molar-refractivity contribution in [1.82, 2.24) is 14.3 Å². The minimum absolute atomic E-state index is 0.120. The van der Waals surface area contributed by atoms with Gasteiger partial charge in [-0.05, 0) is 50.1 Å². The molecule has 9 heteroatoms. The Hall–Kier alpha value is -2.62. The molecule has 28 heavy (non-hydrogen) atoms. The van der Waals surface area contributed by atoms with E-state index >= 15 is 0 Å². The molecule has 3 rings (SSSR count). The minimum atomic E-state index is -3.62. The van der Waals surface area contributed by atoms with E-state index in [1.54, 1.807) is 23.6 Å². The highest BCUT2D eigenvalue weighted by molar-refractivity contribution is 7.98. The van der Waals surface area contributed by atoms with Crippen LogP contribution in [0, 0.1) is 6.92 Å². The third-order valence-corrected chi connectivity index (χ3v) is 6.37. The van der Waals surface area contributed by atoms with Crippen molar-refractivity contribution < 1.29 is 13.2 Å². The molecule has 0 bridgehead atoms. The molecule has 1 amide bonds. The van der Waals surface area contributed by atoms with Crippen LogP contribution in [0.4, 0.5) is 5.69 Å². The van der Waals surface area contributed by atoms with Gasteiger partial charge in [0.25, 0.3) is 5.91 Å². The minimum Gasteiger partial charge on any atom is -0.321 e. The van der Waals surface area contributed by atoms with Gasteiger partial charge in [0.15, 0.2) is 5.16 Å². The van der Waals surface area contributed by atoms with E-state index in [2.05, 4.69) is 15.0 Å². The Balaban J connectivity index is 1.97. The van der Waals surface area contributed by atoms with Gasteiger partial charge >= 0.3 is 0 Å². The number of para-hydroxylation sites is 1. The van der Waals surface area contributed by atoms with Crippen LogP contribution in [0.5, 0.6) is 0 Å². The number of sulfonamides is 1. The second kappa shape index (κ2) is 8.17. The van der Waals surface area contributed by atoms with Crippen molar-refractivity contribution in [3.63, 3.8) is 0 Å². The smallest absolute Gasteiger partial charge is 0.274 e. The van der Waals surface area contributed by atoms with E-state index in [0.29, 0.717) is 22.1 Å². The van der Waals surface area contributed by atoms with Crippen LogP contribution < -0.4 is 10.0 Å². The number of nitrogens with one attached hydrogen (secondary N) is 2. The molecule has 0 saturated heterocycles. The van der Waals surface area contributed by atoms with Crippen LogP contribution >= 0.6 is 11.8 Å². The first kappa shape index (κ1) is 20.1. The van der Waals surface area contributed by atoms with Crippen molar-refractivity contribution in [1.29, 1.82) is 0 Å². The van der Waals surface area contributed by atoms with Crippen LogP contribution in [0.1, 0.15) is 16.1 Å². The lowest BCUT2D eigenvalue weighted by Crippen LogP contribution is -2.21. The Bertz CT molecular complexity index is 1110. The summed E-state index contributed by atoms with van der Waals surface area (Å²) in [5.74, 6) is -0.381. The summed E-state index contributed by atoms with van der Waals surface area (Å²) < 4.78 is 28.4. The number of carbonyl (C=O) groups excluding carboxylic acids is 1. The Kier molecular flexibility index (Phi) is 5.87. The first-order chi connectivity index (χ1) is 13.4. The molecular weight excluding hydrogens is 396 g/mol. The molecule has 0 saturated carbocycles. The molecule has 0 radical (unpaired) electrons. The number of aromatic nitrogens is 2. The van der Waals surface area contributed by atoms with Crippen molar-refractivity contribution in [2.45, 2.75) is 17.0 Å². The van der Waals surface area contributed by atoms with Crippen LogP contribution in [0.25, 0.3) is 5.69 Å². The van der Waals surface area contributed by atoms with Gasteiger partial charge in [0, 0.05) is 11.4 Å². The number of carbonyl (C=O) groups is 1. The van der Waals surface area contributed by atoms with Crippen LogP contribution in [-0.4, -0.2) is 37.2 Å².